The van der Waals surface area contributed by atoms with Crippen LogP contribution in [-0.2, 0) is 9.59 Å². The minimum absolute atomic E-state index is 0.100. The van der Waals surface area contributed by atoms with Gasteiger partial charge in [-0.15, -0.1) is 0 Å². The Kier molecular flexibility index (Phi) is 2.71. The Morgan fingerprint density at radius 2 is 1.72 bits per heavy atom. The Hall–Kier alpha value is -1.61. The molecule has 2 aliphatic rings. The van der Waals surface area contributed by atoms with Gasteiger partial charge in [0, 0.05) is 5.03 Å². The molecule has 1 aliphatic carbocycles. The number of anilines is 1. The van der Waals surface area contributed by atoms with Crippen molar-refractivity contribution in [2.45, 2.75) is 12.8 Å². The van der Waals surface area contributed by atoms with E-state index in [4.69, 9.17) is 11.6 Å². The van der Waals surface area contributed by atoms with Crippen LogP contribution in [0.25, 0.3) is 0 Å². The lowest BCUT2D eigenvalue weighted by atomic mass is 9.85. The van der Waals surface area contributed by atoms with Gasteiger partial charge in [0.05, 0.1) is 17.5 Å². The Morgan fingerprint density at radius 3 is 2.44 bits per heavy atom. The van der Waals surface area contributed by atoms with Crippen molar-refractivity contribution in [3.05, 3.63) is 41.4 Å². The smallest absolute Gasteiger partial charge is 0.238 e. The summed E-state index contributed by atoms with van der Waals surface area (Å²) in [5, 5.41) is 0.687. The summed E-state index contributed by atoms with van der Waals surface area (Å²) in [6, 6.07) is 9.07. The number of benzene rings is 1. The van der Waals surface area contributed by atoms with E-state index in [9.17, 15) is 9.59 Å². The molecular formula is C14H12ClNO2. The van der Waals surface area contributed by atoms with Crippen molar-refractivity contribution in [3.8, 4) is 0 Å². The molecular weight excluding hydrogens is 250 g/mol. The minimum Gasteiger partial charge on any atom is -0.274 e. The largest absolute Gasteiger partial charge is 0.274 e. The van der Waals surface area contributed by atoms with Crippen LogP contribution in [0.3, 0.4) is 0 Å². The highest BCUT2D eigenvalue weighted by Gasteiger charge is 2.48. The number of carbonyl (C=O) groups is 2. The van der Waals surface area contributed by atoms with Crippen molar-refractivity contribution >= 4 is 29.1 Å². The van der Waals surface area contributed by atoms with Crippen LogP contribution in [0.1, 0.15) is 12.8 Å². The maximum Gasteiger partial charge on any atom is 0.238 e. The highest BCUT2D eigenvalue weighted by molar-refractivity contribution is 6.30. The lowest BCUT2D eigenvalue weighted by Gasteiger charge is -2.17. The second kappa shape index (κ2) is 4.25. The summed E-state index contributed by atoms with van der Waals surface area (Å²) in [6.07, 6.45) is 2.90. The van der Waals surface area contributed by atoms with Gasteiger partial charge in [-0.25, -0.2) is 0 Å². The third-order valence-corrected chi connectivity index (χ3v) is 3.89. The molecule has 1 aliphatic heterocycles. The molecule has 3 rings (SSSR count). The first kappa shape index (κ1) is 11.5. The van der Waals surface area contributed by atoms with E-state index in [-0.39, 0.29) is 23.7 Å². The van der Waals surface area contributed by atoms with Crippen LogP contribution in [0.5, 0.6) is 0 Å². The van der Waals surface area contributed by atoms with Crippen molar-refractivity contribution in [1.82, 2.24) is 0 Å². The fraction of sp³-hybridized carbons (Fsp3) is 0.286. The van der Waals surface area contributed by atoms with Gasteiger partial charge in [-0.3, -0.25) is 14.5 Å². The molecule has 0 N–H and O–H groups in total. The molecule has 2 atom stereocenters. The molecule has 0 radical (unpaired) electrons. The Morgan fingerprint density at radius 1 is 1.06 bits per heavy atom. The third kappa shape index (κ3) is 1.66. The van der Waals surface area contributed by atoms with Gasteiger partial charge in [0.15, 0.2) is 0 Å². The summed E-state index contributed by atoms with van der Waals surface area (Å²) in [7, 11) is 0. The Bertz CT molecular complexity index is 538. The quantitative estimate of drug-likeness (QED) is 0.729. The van der Waals surface area contributed by atoms with Crippen LogP contribution in [0, 0.1) is 11.8 Å². The monoisotopic (exact) mass is 261 g/mol. The molecule has 92 valence electrons. The minimum atomic E-state index is -0.282. The van der Waals surface area contributed by atoms with Crippen LogP contribution < -0.4 is 4.90 Å². The van der Waals surface area contributed by atoms with Crippen molar-refractivity contribution in [3.63, 3.8) is 0 Å². The average molecular weight is 262 g/mol. The Balaban J connectivity index is 1.96. The molecule has 3 nitrogen and oxygen atoms in total. The first-order valence-corrected chi connectivity index (χ1v) is 6.33. The number of fused-ring (bicyclic) bond motifs is 1. The van der Waals surface area contributed by atoms with E-state index in [1.165, 1.54) is 4.90 Å². The summed E-state index contributed by atoms with van der Waals surface area (Å²) in [4.78, 5) is 25.9. The van der Waals surface area contributed by atoms with Crippen LogP contribution in [0.4, 0.5) is 5.69 Å². The number of carbonyl (C=O) groups excluding carboxylic acids is 2. The SMILES string of the molecule is O=C1C2CC=C(Cl)CC2C(=O)N1c1ccccc1. The second-order valence-corrected chi connectivity index (χ2v) is 5.14. The van der Waals surface area contributed by atoms with Gasteiger partial charge in [-0.05, 0) is 25.0 Å². The van der Waals surface area contributed by atoms with Gasteiger partial charge >= 0.3 is 0 Å². The lowest BCUT2D eigenvalue weighted by Crippen LogP contribution is -2.30. The van der Waals surface area contributed by atoms with E-state index in [0.717, 1.165) is 0 Å². The van der Waals surface area contributed by atoms with Gasteiger partial charge in [0.2, 0.25) is 11.8 Å². The van der Waals surface area contributed by atoms with Gasteiger partial charge < -0.3 is 0 Å². The van der Waals surface area contributed by atoms with E-state index < -0.39 is 0 Å². The van der Waals surface area contributed by atoms with Gasteiger partial charge in [0.1, 0.15) is 0 Å². The molecule has 0 bridgehead atoms. The lowest BCUT2D eigenvalue weighted by molar-refractivity contribution is -0.122. The van der Waals surface area contributed by atoms with E-state index in [1.54, 1.807) is 12.1 Å². The van der Waals surface area contributed by atoms with Crippen molar-refractivity contribution in [2.24, 2.45) is 11.8 Å². The van der Waals surface area contributed by atoms with Gasteiger partial charge in [-0.2, -0.15) is 0 Å². The summed E-state index contributed by atoms with van der Waals surface area (Å²) in [6.45, 7) is 0. The fourth-order valence-electron chi connectivity index (χ4n) is 2.66. The zero-order valence-electron chi connectivity index (χ0n) is 9.67. The molecule has 18 heavy (non-hydrogen) atoms. The second-order valence-electron chi connectivity index (χ2n) is 4.65. The van der Waals surface area contributed by atoms with E-state index >= 15 is 0 Å². The topological polar surface area (TPSA) is 37.4 Å². The number of para-hydroxylation sites is 1. The standard InChI is InChI=1S/C14H12ClNO2/c15-9-6-7-11-12(8-9)14(18)16(13(11)17)10-4-2-1-3-5-10/h1-6,11-12H,7-8H2. The van der Waals surface area contributed by atoms with E-state index in [0.29, 0.717) is 23.6 Å². The number of imide groups is 1. The molecule has 2 amide bonds. The highest BCUT2D eigenvalue weighted by atomic mass is 35.5. The predicted molar refractivity (Wildman–Crippen MR) is 69.1 cm³/mol. The van der Waals surface area contributed by atoms with Gasteiger partial charge in [0.25, 0.3) is 0 Å². The van der Waals surface area contributed by atoms with Crippen LogP contribution in [-0.4, -0.2) is 11.8 Å². The Labute approximate surface area is 110 Å². The van der Waals surface area contributed by atoms with Gasteiger partial charge in [-0.1, -0.05) is 35.9 Å². The fourth-order valence-corrected chi connectivity index (χ4v) is 2.91. The predicted octanol–water partition coefficient (Wildman–Crippen LogP) is 2.71. The molecule has 4 heteroatoms. The summed E-state index contributed by atoms with van der Waals surface area (Å²) < 4.78 is 0. The number of allylic oxidation sites excluding steroid dienone is 2. The molecule has 1 saturated heterocycles. The molecule has 1 aromatic carbocycles. The maximum atomic E-state index is 12.3. The van der Waals surface area contributed by atoms with Crippen molar-refractivity contribution < 1.29 is 9.59 Å². The summed E-state index contributed by atoms with van der Waals surface area (Å²) in [5.41, 5.74) is 0.651. The molecule has 0 spiro atoms. The first-order chi connectivity index (χ1) is 8.68. The molecule has 1 heterocycles. The van der Waals surface area contributed by atoms with Crippen molar-refractivity contribution in [2.75, 3.05) is 4.90 Å². The number of hydrogen-bond acceptors (Lipinski definition) is 2. The van der Waals surface area contributed by atoms with Crippen LogP contribution >= 0.6 is 11.6 Å². The summed E-state index contributed by atoms with van der Waals surface area (Å²) >= 11 is 5.97. The molecule has 2 unspecified atom stereocenters. The van der Waals surface area contributed by atoms with Crippen molar-refractivity contribution in [1.29, 1.82) is 0 Å². The van der Waals surface area contributed by atoms with E-state index in [1.807, 2.05) is 24.3 Å². The van der Waals surface area contributed by atoms with E-state index in [2.05, 4.69) is 0 Å². The maximum absolute atomic E-state index is 12.3. The molecule has 0 aromatic heterocycles. The van der Waals surface area contributed by atoms with Crippen LogP contribution in [0.2, 0.25) is 0 Å². The molecule has 0 saturated carbocycles. The number of rotatable bonds is 1. The highest BCUT2D eigenvalue weighted by Crippen LogP contribution is 2.40. The first-order valence-electron chi connectivity index (χ1n) is 5.96. The third-order valence-electron chi connectivity index (χ3n) is 3.58. The number of halogens is 1. The number of hydrogen-bond donors (Lipinski definition) is 0. The molecule has 1 aromatic rings. The van der Waals surface area contributed by atoms with Crippen LogP contribution in [0.15, 0.2) is 41.4 Å². The molecule has 1 fully saturated rings. The summed E-state index contributed by atoms with van der Waals surface area (Å²) in [5.74, 6) is -0.741. The number of nitrogens with zero attached hydrogens (tertiary/aromatic N) is 1. The normalized spacial score (nSPS) is 27.2. The average Bonchev–Trinajstić information content (AvgIpc) is 2.63. The zero-order valence-corrected chi connectivity index (χ0v) is 10.4. The number of amides is 2. The zero-order chi connectivity index (χ0) is 12.7.